The molecule has 1 aliphatic carbocycles. The summed E-state index contributed by atoms with van der Waals surface area (Å²) in [5, 5.41) is 11.3. The smallest absolute Gasteiger partial charge is 0.124 e. The second-order valence-electron chi connectivity index (χ2n) is 10.0. The Morgan fingerprint density at radius 2 is 1.59 bits per heavy atom. The lowest BCUT2D eigenvalue weighted by Crippen LogP contribution is -2.36. The highest BCUT2D eigenvalue weighted by Crippen LogP contribution is 2.51. The third-order valence-corrected chi connectivity index (χ3v) is 7.20. The molecule has 0 saturated heterocycles. The van der Waals surface area contributed by atoms with Gasteiger partial charge < -0.3 is 14.6 Å². The fourth-order valence-electron chi connectivity index (χ4n) is 5.08. The predicted molar refractivity (Wildman–Crippen MR) is 114 cm³/mol. The molecule has 0 amide bonds. The van der Waals surface area contributed by atoms with Gasteiger partial charge in [0.1, 0.15) is 12.4 Å². The Labute approximate surface area is 173 Å². The molecule has 0 spiro atoms. The predicted octanol–water partition coefficient (Wildman–Crippen LogP) is 4.65. The van der Waals surface area contributed by atoms with Gasteiger partial charge in [0.15, 0.2) is 0 Å². The summed E-state index contributed by atoms with van der Waals surface area (Å²) in [6, 6.07) is 11.9. The van der Waals surface area contributed by atoms with E-state index in [9.17, 15) is 9.90 Å². The number of carbonyl (C=O) groups is 1. The van der Waals surface area contributed by atoms with Gasteiger partial charge in [-0.3, -0.25) is 0 Å². The van der Waals surface area contributed by atoms with E-state index >= 15 is 0 Å². The molecular formula is C26H29O3-. The third-order valence-electron chi connectivity index (χ3n) is 7.20. The van der Waals surface area contributed by atoms with Crippen LogP contribution in [0, 0.1) is 0 Å². The van der Waals surface area contributed by atoms with Crippen LogP contribution in [0.2, 0.25) is 0 Å². The first-order chi connectivity index (χ1) is 13.5. The molecular weight excluding hydrogens is 360 g/mol. The summed E-state index contributed by atoms with van der Waals surface area (Å²) in [4.78, 5) is 11.3. The van der Waals surface area contributed by atoms with E-state index in [4.69, 9.17) is 4.74 Å². The molecule has 0 aromatic heterocycles. The van der Waals surface area contributed by atoms with E-state index in [2.05, 4.69) is 52.5 Å². The zero-order valence-corrected chi connectivity index (χ0v) is 18.0. The first kappa shape index (κ1) is 19.8. The van der Waals surface area contributed by atoms with E-state index in [0.717, 1.165) is 23.1 Å². The van der Waals surface area contributed by atoms with Crippen molar-refractivity contribution in [2.24, 2.45) is 0 Å². The minimum Gasteiger partial charge on any atom is -0.545 e. The third kappa shape index (κ3) is 2.82. The Morgan fingerprint density at radius 3 is 2.21 bits per heavy atom. The van der Waals surface area contributed by atoms with Crippen LogP contribution in [-0.4, -0.2) is 12.6 Å². The zero-order chi connectivity index (χ0) is 21.2. The fourth-order valence-corrected chi connectivity index (χ4v) is 5.08. The molecule has 0 bridgehead atoms. The van der Waals surface area contributed by atoms with E-state index in [0.29, 0.717) is 12.4 Å². The highest BCUT2D eigenvalue weighted by molar-refractivity contribution is 5.86. The average molecular weight is 390 g/mol. The molecule has 2 aromatic carbocycles. The Kier molecular flexibility index (Phi) is 4.24. The van der Waals surface area contributed by atoms with Crippen LogP contribution < -0.4 is 9.84 Å². The molecule has 1 unspecified atom stereocenters. The van der Waals surface area contributed by atoms with Crippen molar-refractivity contribution in [1.82, 2.24) is 0 Å². The van der Waals surface area contributed by atoms with Crippen molar-refractivity contribution in [3.63, 3.8) is 0 Å². The Balaban J connectivity index is 1.92. The number of rotatable bonds is 3. The number of carbonyl (C=O) groups excluding carboxylic acids is 1. The summed E-state index contributed by atoms with van der Waals surface area (Å²) in [5.41, 5.74) is 5.86. The Morgan fingerprint density at radius 1 is 0.966 bits per heavy atom. The zero-order valence-electron chi connectivity index (χ0n) is 18.0. The maximum atomic E-state index is 11.3. The summed E-state index contributed by atoms with van der Waals surface area (Å²) in [7, 11) is 0. The molecule has 4 rings (SSSR count). The molecule has 152 valence electrons. The van der Waals surface area contributed by atoms with Gasteiger partial charge in [0, 0.05) is 11.1 Å². The van der Waals surface area contributed by atoms with Crippen molar-refractivity contribution in [3.8, 4) is 5.75 Å². The Hall–Kier alpha value is -2.55. The van der Waals surface area contributed by atoms with Crippen molar-refractivity contribution in [2.75, 3.05) is 6.61 Å². The number of carboxylic acid groups (broad SMARTS) is 1. The fraction of sp³-hybridized carbons (Fsp3) is 0.423. The maximum Gasteiger partial charge on any atom is 0.124 e. The molecule has 1 atom stereocenters. The van der Waals surface area contributed by atoms with Crippen molar-refractivity contribution >= 4 is 5.97 Å². The van der Waals surface area contributed by atoms with Gasteiger partial charge in [-0.1, -0.05) is 70.2 Å². The number of benzene rings is 2. The SMILES string of the molecule is C=C(C)C1(c2ccc3c(c2)C(C)(C)CCC3(C)C)COc2cc(C(=O)[O-])ccc21. The van der Waals surface area contributed by atoms with Gasteiger partial charge in [-0.15, -0.1) is 0 Å². The highest BCUT2D eigenvalue weighted by atomic mass is 16.5. The quantitative estimate of drug-likeness (QED) is 0.718. The largest absolute Gasteiger partial charge is 0.545 e. The topological polar surface area (TPSA) is 49.4 Å². The Bertz CT molecular complexity index is 1030. The minimum atomic E-state index is -1.19. The number of aromatic carboxylic acids is 1. The van der Waals surface area contributed by atoms with Gasteiger partial charge in [-0.2, -0.15) is 0 Å². The van der Waals surface area contributed by atoms with Gasteiger partial charge >= 0.3 is 0 Å². The van der Waals surface area contributed by atoms with Crippen LogP contribution >= 0.6 is 0 Å². The number of carboxylic acids is 1. The van der Waals surface area contributed by atoms with Crippen molar-refractivity contribution < 1.29 is 14.6 Å². The number of hydrogen-bond acceptors (Lipinski definition) is 3. The van der Waals surface area contributed by atoms with Crippen LogP contribution in [0.1, 0.15) is 80.1 Å². The second kappa shape index (κ2) is 6.22. The van der Waals surface area contributed by atoms with E-state index in [1.165, 1.54) is 17.5 Å². The van der Waals surface area contributed by atoms with Crippen molar-refractivity contribution in [1.29, 1.82) is 0 Å². The van der Waals surface area contributed by atoms with Crippen LogP contribution in [0.4, 0.5) is 0 Å². The first-order valence-electron chi connectivity index (χ1n) is 10.3. The van der Waals surface area contributed by atoms with E-state index in [-0.39, 0.29) is 16.4 Å². The molecule has 0 saturated carbocycles. The molecule has 1 heterocycles. The second-order valence-corrected chi connectivity index (χ2v) is 10.0. The van der Waals surface area contributed by atoms with Crippen LogP contribution in [0.25, 0.3) is 0 Å². The van der Waals surface area contributed by atoms with Crippen LogP contribution in [0.15, 0.2) is 48.6 Å². The van der Waals surface area contributed by atoms with Gasteiger partial charge in [-0.05, 0) is 53.4 Å². The van der Waals surface area contributed by atoms with Crippen LogP contribution in [0.5, 0.6) is 5.75 Å². The molecule has 3 nitrogen and oxygen atoms in total. The molecule has 0 radical (unpaired) electrons. The molecule has 1 aliphatic heterocycles. The van der Waals surface area contributed by atoms with Gasteiger partial charge in [-0.25, -0.2) is 0 Å². The number of ether oxygens (including phenoxy) is 1. The molecule has 3 heteroatoms. The van der Waals surface area contributed by atoms with Crippen LogP contribution in [0.3, 0.4) is 0 Å². The standard InChI is InChI=1S/C26H30O3/c1-16(2)26(15-29-22-13-17(23(27)28)7-9-20(22)26)18-8-10-19-21(14-18)25(5,6)12-11-24(19,3)4/h7-10,13-14H,1,11-12,15H2,2-6H3,(H,27,28)/p-1. The van der Waals surface area contributed by atoms with Gasteiger partial charge in [0.05, 0.1) is 11.4 Å². The average Bonchev–Trinajstić information content (AvgIpc) is 3.05. The summed E-state index contributed by atoms with van der Waals surface area (Å²) >= 11 is 0. The van der Waals surface area contributed by atoms with E-state index in [1.54, 1.807) is 12.1 Å². The molecule has 2 aromatic rings. The summed E-state index contributed by atoms with van der Waals surface area (Å²) < 4.78 is 6.01. The molecule has 0 fully saturated rings. The lowest BCUT2D eigenvalue weighted by molar-refractivity contribution is -0.255. The highest BCUT2D eigenvalue weighted by Gasteiger charge is 2.45. The van der Waals surface area contributed by atoms with E-state index < -0.39 is 11.4 Å². The lowest BCUT2D eigenvalue weighted by Gasteiger charge is -2.43. The summed E-state index contributed by atoms with van der Waals surface area (Å²) in [6.45, 7) is 16.1. The minimum absolute atomic E-state index is 0.109. The normalized spacial score (nSPS) is 23.6. The van der Waals surface area contributed by atoms with Gasteiger partial charge in [0.25, 0.3) is 0 Å². The first-order valence-corrected chi connectivity index (χ1v) is 10.3. The number of hydrogen-bond donors (Lipinski definition) is 0. The monoisotopic (exact) mass is 389 g/mol. The van der Waals surface area contributed by atoms with E-state index in [1.807, 2.05) is 13.0 Å². The lowest BCUT2D eigenvalue weighted by atomic mass is 9.61. The molecule has 2 aliphatic rings. The van der Waals surface area contributed by atoms with Gasteiger partial charge in [0.2, 0.25) is 0 Å². The summed E-state index contributed by atoms with van der Waals surface area (Å²) in [6.07, 6.45) is 2.33. The number of fused-ring (bicyclic) bond motifs is 2. The van der Waals surface area contributed by atoms with Crippen LogP contribution in [-0.2, 0) is 16.2 Å². The van der Waals surface area contributed by atoms with Crippen molar-refractivity contribution in [3.05, 3.63) is 76.4 Å². The van der Waals surface area contributed by atoms with Crippen molar-refractivity contribution in [2.45, 2.75) is 63.7 Å². The molecule has 29 heavy (non-hydrogen) atoms. The summed E-state index contributed by atoms with van der Waals surface area (Å²) in [5.74, 6) is -0.589. The maximum absolute atomic E-state index is 11.3. The molecule has 0 N–H and O–H groups in total.